The Labute approximate surface area is 86.4 Å². The summed E-state index contributed by atoms with van der Waals surface area (Å²) in [6, 6.07) is 2.44. The average Bonchev–Trinajstić information content (AvgIpc) is 2.62. The molecular weight excluding hydrogens is 200 g/mol. The van der Waals surface area contributed by atoms with Crippen molar-refractivity contribution < 1.29 is 14.1 Å². The highest BCUT2D eigenvalue weighted by Crippen LogP contribution is 2.15. The molecule has 15 heavy (non-hydrogen) atoms. The molecule has 0 saturated carbocycles. The maximum Gasteiger partial charge on any atom is 0.433 e. The number of carbonyl (C=O) groups is 1. The van der Waals surface area contributed by atoms with Crippen LogP contribution < -0.4 is 5.32 Å². The molecule has 82 valence electrons. The van der Waals surface area contributed by atoms with Crippen LogP contribution in [0.4, 0.5) is 5.88 Å². The van der Waals surface area contributed by atoms with Gasteiger partial charge in [0.2, 0.25) is 0 Å². The summed E-state index contributed by atoms with van der Waals surface area (Å²) in [6.07, 6.45) is 0. The number of hydrogen-bond donors (Lipinski definition) is 1. The van der Waals surface area contributed by atoms with Crippen LogP contribution in [0.25, 0.3) is 0 Å². The lowest BCUT2D eigenvalue weighted by molar-refractivity contribution is -0.402. The molecule has 6 heteroatoms. The van der Waals surface area contributed by atoms with Crippen molar-refractivity contribution in [3.05, 3.63) is 28.0 Å². The minimum Gasteiger partial charge on any atom is -0.395 e. The van der Waals surface area contributed by atoms with E-state index in [1.54, 1.807) is 0 Å². The summed E-state index contributed by atoms with van der Waals surface area (Å²) in [6.45, 7) is 4.41. The van der Waals surface area contributed by atoms with Gasteiger partial charge in [-0.05, 0) is 12.0 Å². The second kappa shape index (κ2) is 4.59. The van der Waals surface area contributed by atoms with Crippen LogP contribution in [0.15, 0.2) is 16.5 Å². The molecule has 0 unspecified atom stereocenters. The van der Waals surface area contributed by atoms with Crippen molar-refractivity contribution >= 4 is 11.8 Å². The first kappa shape index (κ1) is 11.2. The van der Waals surface area contributed by atoms with Crippen molar-refractivity contribution in [2.24, 2.45) is 5.92 Å². The van der Waals surface area contributed by atoms with Gasteiger partial charge in [0.05, 0.1) is 6.07 Å². The molecule has 1 amide bonds. The van der Waals surface area contributed by atoms with Crippen LogP contribution in [-0.2, 0) is 0 Å². The zero-order chi connectivity index (χ0) is 11.4. The first-order valence-corrected chi connectivity index (χ1v) is 4.53. The van der Waals surface area contributed by atoms with Crippen molar-refractivity contribution in [2.45, 2.75) is 13.8 Å². The summed E-state index contributed by atoms with van der Waals surface area (Å²) in [5.41, 5.74) is 0. The van der Waals surface area contributed by atoms with Gasteiger partial charge in [-0.1, -0.05) is 13.8 Å². The predicted molar refractivity (Wildman–Crippen MR) is 52.5 cm³/mol. The topological polar surface area (TPSA) is 85.4 Å². The van der Waals surface area contributed by atoms with E-state index < -0.39 is 16.7 Å². The number of furan rings is 1. The summed E-state index contributed by atoms with van der Waals surface area (Å²) in [5, 5.41) is 12.9. The summed E-state index contributed by atoms with van der Waals surface area (Å²) < 4.78 is 4.73. The molecule has 6 nitrogen and oxygen atoms in total. The fourth-order valence-electron chi connectivity index (χ4n) is 0.932. The number of nitrogens with zero attached hydrogens (tertiary/aromatic N) is 1. The zero-order valence-corrected chi connectivity index (χ0v) is 8.52. The van der Waals surface area contributed by atoms with Crippen LogP contribution in [0, 0.1) is 16.0 Å². The van der Waals surface area contributed by atoms with E-state index in [-0.39, 0.29) is 5.76 Å². The Balaban J connectivity index is 2.62. The molecule has 0 atom stereocenters. The molecular formula is C9H12N2O4. The number of rotatable bonds is 4. The number of amides is 1. The Hall–Kier alpha value is -1.85. The van der Waals surface area contributed by atoms with E-state index in [4.69, 9.17) is 4.42 Å². The van der Waals surface area contributed by atoms with E-state index in [1.807, 2.05) is 13.8 Å². The SMILES string of the molecule is CC(C)CNC(=O)c1ccc([N+](=O)[O-])o1. The molecule has 0 saturated heterocycles. The Kier molecular flexibility index (Phi) is 3.43. The van der Waals surface area contributed by atoms with Gasteiger partial charge in [-0.25, -0.2) is 0 Å². The monoisotopic (exact) mass is 212 g/mol. The molecule has 0 spiro atoms. The maximum absolute atomic E-state index is 11.4. The molecule has 1 heterocycles. The Morgan fingerprint density at radius 1 is 1.60 bits per heavy atom. The van der Waals surface area contributed by atoms with Crippen molar-refractivity contribution in [1.82, 2.24) is 5.32 Å². The van der Waals surface area contributed by atoms with Crippen LogP contribution in [-0.4, -0.2) is 17.4 Å². The Bertz CT molecular complexity index is 370. The molecule has 0 aliphatic carbocycles. The average molecular weight is 212 g/mol. The van der Waals surface area contributed by atoms with E-state index >= 15 is 0 Å². The van der Waals surface area contributed by atoms with Crippen molar-refractivity contribution in [3.63, 3.8) is 0 Å². The lowest BCUT2D eigenvalue weighted by Gasteiger charge is -2.04. The molecule has 0 radical (unpaired) electrons. The third-order valence-electron chi connectivity index (χ3n) is 1.67. The largest absolute Gasteiger partial charge is 0.433 e. The third-order valence-corrected chi connectivity index (χ3v) is 1.67. The molecule has 1 aromatic rings. The molecule has 0 aliphatic rings. The summed E-state index contributed by atoms with van der Waals surface area (Å²) >= 11 is 0. The predicted octanol–water partition coefficient (Wildman–Crippen LogP) is 1.57. The van der Waals surface area contributed by atoms with Crippen molar-refractivity contribution in [3.8, 4) is 0 Å². The minimum absolute atomic E-state index is 0.0395. The molecule has 1 rings (SSSR count). The normalized spacial score (nSPS) is 10.3. The second-order valence-corrected chi connectivity index (χ2v) is 3.50. The smallest absolute Gasteiger partial charge is 0.395 e. The highest BCUT2D eigenvalue weighted by atomic mass is 16.6. The van der Waals surface area contributed by atoms with Gasteiger partial charge < -0.3 is 9.73 Å². The highest BCUT2D eigenvalue weighted by Gasteiger charge is 2.16. The summed E-state index contributed by atoms with van der Waals surface area (Å²) in [7, 11) is 0. The van der Waals surface area contributed by atoms with E-state index in [0.717, 1.165) is 6.07 Å². The van der Waals surface area contributed by atoms with Crippen LogP contribution in [0.5, 0.6) is 0 Å². The quantitative estimate of drug-likeness (QED) is 0.606. The van der Waals surface area contributed by atoms with Crippen LogP contribution in [0.2, 0.25) is 0 Å². The van der Waals surface area contributed by atoms with Gasteiger partial charge in [-0.3, -0.25) is 14.9 Å². The van der Waals surface area contributed by atoms with Gasteiger partial charge in [0.1, 0.15) is 4.92 Å². The molecule has 0 bridgehead atoms. The first-order chi connectivity index (χ1) is 7.00. The van der Waals surface area contributed by atoms with E-state index in [9.17, 15) is 14.9 Å². The Morgan fingerprint density at radius 3 is 2.73 bits per heavy atom. The number of carbonyl (C=O) groups excluding carboxylic acids is 1. The molecule has 0 fully saturated rings. The third kappa shape index (κ3) is 3.08. The second-order valence-electron chi connectivity index (χ2n) is 3.50. The van der Waals surface area contributed by atoms with Gasteiger partial charge >= 0.3 is 5.88 Å². The highest BCUT2D eigenvalue weighted by molar-refractivity contribution is 5.91. The van der Waals surface area contributed by atoms with E-state index in [0.29, 0.717) is 12.5 Å². The fraction of sp³-hybridized carbons (Fsp3) is 0.444. The van der Waals surface area contributed by atoms with Crippen molar-refractivity contribution in [1.29, 1.82) is 0 Å². The van der Waals surface area contributed by atoms with Crippen molar-refractivity contribution in [2.75, 3.05) is 6.54 Å². The van der Waals surface area contributed by atoms with Crippen LogP contribution in [0.3, 0.4) is 0 Å². The van der Waals surface area contributed by atoms with E-state index in [2.05, 4.69) is 5.32 Å². The Morgan fingerprint density at radius 2 is 2.27 bits per heavy atom. The minimum atomic E-state index is -0.681. The van der Waals surface area contributed by atoms with Gasteiger partial charge in [0, 0.05) is 6.54 Å². The molecule has 0 aromatic carbocycles. The van der Waals surface area contributed by atoms with Gasteiger partial charge in [-0.15, -0.1) is 0 Å². The number of hydrogen-bond acceptors (Lipinski definition) is 4. The van der Waals surface area contributed by atoms with Gasteiger partial charge in [0.25, 0.3) is 5.91 Å². The lowest BCUT2D eigenvalue weighted by atomic mass is 10.2. The summed E-state index contributed by atoms with van der Waals surface area (Å²) in [5.74, 6) is -0.581. The standard InChI is InChI=1S/C9H12N2O4/c1-6(2)5-10-9(12)7-3-4-8(15-7)11(13)14/h3-4,6H,5H2,1-2H3,(H,10,12). The lowest BCUT2D eigenvalue weighted by Crippen LogP contribution is -2.26. The number of nitro groups is 1. The summed E-state index contributed by atoms with van der Waals surface area (Å²) in [4.78, 5) is 21.0. The van der Waals surface area contributed by atoms with Crippen LogP contribution >= 0.6 is 0 Å². The maximum atomic E-state index is 11.4. The molecule has 1 aromatic heterocycles. The fourth-order valence-corrected chi connectivity index (χ4v) is 0.932. The van der Waals surface area contributed by atoms with Gasteiger partial charge in [0.15, 0.2) is 5.76 Å². The zero-order valence-electron chi connectivity index (χ0n) is 8.52. The first-order valence-electron chi connectivity index (χ1n) is 4.53. The van der Waals surface area contributed by atoms with E-state index in [1.165, 1.54) is 6.07 Å². The van der Waals surface area contributed by atoms with Crippen LogP contribution in [0.1, 0.15) is 24.4 Å². The number of nitrogens with one attached hydrogen (secondary N) is 1. The van der Waals surface area contributed by atoms with Gasteiger partial charge in [-0.2, -0.15) is 0 Å². The molecule has 0 aliphatic heterocycles. The molecule has 1 N–H and O–H groups in total.